The second-order valence-electron chi connectivity index (χ2n) is 3.64. The molecule has 0 saturated heterocycles. The van der Waals surface area contributed by atoms with E-state index in [1.807, 2.05) is 17.7 Å². The maximum atomic E-state index is 11.8. The molecule has 2 N–H and O–H groups in total. The van der Waals surface area contributed by atoms with Gasteiger partial charge in [-0.05, 0) is 28.4 Å². The molecule has 1 rings (SSSR count). The van der Waals surface area contributed by atoms with Crippen LogP contribution in [0, 0.1) is 0 Å². The Morgan fingerprint density at radius 3 is 2.82 bits per heavy atom. The summed E-state index contributed by atoms with van der Waals surface area (Å²) >= 11 is 3.32. The van der Waals surface area contributed by atoms with Crippen molar-refractivity contribution in [2.24, 2.45) is 0 Å². The van der Waals surface area contributed by atoms with E-state index in [2.05, 4.69) is 21.2 Å². The van der Waals surface area contributed by atoms with E-state index >= 15 is 0 Å². The third-order valence-electron chi connectivity index (χ3n) is 2.18. The van der Waals surface area contributed by atoms with Crippen molar-refractivity contribution in [3.63, 3.8) is 0 Å². The highest BCUT2D eigenvalue weighted by molar-refractivity contribution is 9.10. The molecular formula is C11H15BrN2O3. The average Bonchev–Trinajstić information content (AvgIpc) is 2.59. The van der Waals surface area contributed by atoms with Crippen LogP contribution >= 0.6 is 15.9 Å². The summed E-state index contributed by atoms with van der Waals surface area (Å²) in [4.78, 5) is 22.1. The number of rotatable bonds is 6. The fourth-order valence-electron chi connectivity index (χ4n) is 1.46. The quantitative estimate of drug-likeness (QED) is 0.842. The number of nitrogens with one attached hydrogen (secondary N) is 1. The van der Waals surface area contributed by atoms with Gasteiger partial charge >= 0.3 is 5.97 Å². The van der Waals surface area contributed by atoms with Gasteiger partial charge in [-0.1, -0.05) is 6.92 Å². The molecular weight excluding hydrogens is 288 g/mol. The van der Waals surface area contributed by atoms with Crippen LogP contribution in [0.25, 0.3) is 0 Å². The first-order chi connectivity index (χ1) is 8.04. The number of amides is 1. The molecule has 0 aromatic carbocycles. The van der Waals surface area contributed by atoms with E-state index in [1.54, 1.807) is 6.07 Å². The minimum Gasteiger partial charge on any atom is -0.481 e. The summed E-state index contributed by atoms with van der Waals surface area (Å²) in [6.07, 6.45) is 2.70. The van der Waals surface area contributed by atoms with Gasteiger partial charge in [0, 0.05) is 23.8 Å². The summed E-state index contributed by atoms with van der Waals surface area (Å²) < 4.78 is 2.69. The standard InChI is InChI=1S/C11H15BrN2O3/c1-2-5-14-7-8(12)6-9(14)11(17)13-4-3-10(15)16/h6-7H,2-5H2,1H3,(H,13,17)(H,15,16). The van der Waals surface area contributed by atoms with E-state index in [9.17, 15) is 9.59 Å². The van der Waals surface area contributed by atoms with Crippen LogP contribution in [0.2, 0.25) is 0 Å². The molecule has 0 atom stereocenters. The van der Waals surface area contributed by atoms with Gasteiger partial charge in [-0.3, -0.25) is 9.59 Å². The Morgan fingerprint density at radius 1 is 1.53 bits per heavy atom. The normalized spacial score (nSPS) is 10.2. The molecule has 0 aliphatic heterocycles. The summed E-state index contributed by atoms with van der Waals surface area (Å²) in [6, 6.07) is 1.73. The number of carbonyl (C=O) groups excluding carboxylic acids is 1. The second kappa shape index (κ2) is 6.44. The van der Waals surface area contributed by atoms with Gasteiger partial charge < -0.3 is 15.0 Å². The van der Waals surface area contributed by atoms with Crippen molar-refractivity contribution in [1.82, 2.24) is 9.88 Å². The number of carbonyl (C=O) groups is 2. The third-order valence-corrected chi connectivity index (χ3v) is 2.62. The van der Waals surface area contributed by atoms with E-state index < -0.39 is 5.97 Å². The Hall–Kier alpha value is -1.30. The molecule has 1 aromatic rings. The van der Waals surface area contributed by atoms with Crippen LogP contribution in [0.15, 0.2) is 16.7 Å². The SMILES string of the molecule is CCCn1cc(Br)cc1C(=O)NCCC(=O)O. The molecule has 1 aromatic heterocycles. The Balaban J connectivity index is 2.64. The van der Waals surface area contributed by atoms with E-state index in [0.717, 1.165) is 17.4 Å². The van der Waals surface area contributed by atoms with Crippen molar-refractivity contribution in [3.8, 4) is 0 Å². The fraction of sp³-hybridized carbons (Fsp3) is 0.455. The molecule has 17 heavy (non-hydrogen) atoms. The highest BCUT2D eigenvalue weighted by Crippen LogP contribution is 2.15. The number of nitrogens with zero attached hydrogens (tertiary/aromatic N) is 1. The first-order valence-electron chi connectivity index (χ1n) is 5.40. The first-order valence-corrected chi connectivity index (χ1v) is 6.19. The minimum atomic E-state index is -0.921. The molecule has 0 spiro atoms. The first kappa shape index (κ1) is 13.8. The topological polar surface area (TPSA) is 71.3 Å². The summed E-state index contributed by atoms with van der Waals surface area (Å²) in [5.74, 6) is -1.17. The summed E-state index contributed by atoms with van der Waals surface area (Å²) in [7, 11) is 0. The number of aryl methyl sites for hydroxylation is 1. The number of carboxylic acids is 1. The Kier molecular flexibility index (Phi) is 5.21. The van der Waals surface area contributed by atoms with Gasteiger partial charge in [0.05, 0.1) is 6.42 Å². The van der Waals surface area contributed by atoms with Crippen LogP contribution in [0.3, 0.4) is 0 Å². The maximum absolute atomic E-state index is 11.8. The van der Waals surface area contributed by atoms with Crippen LogP contribution in [0.1, 0.15) is 30.3 Å². The van der Waals surface area contributed by atoms with Crippen LogP contribution in [-0.2, 0) is 11.3 Å². The lowest BCUT2D eigenvalue weighted by atomic mass is 10.3. The molecule has 94 valence electrons. The Labute approximate surface area is 108 Å². The molecule has 0 bridgehead atoms. The predicted molar refractivity (Wildman–Crippen MR) is 67.0 cm³/mol. The highest BCUT2D eigenvalue weighted by Gasteiger charge is 2.12. The number of halogens is 1. The van der Waals surface area contributed by atoms with Gasteiger partial charge in [0.15, 0.2) is 0 Å². The van der Waals surface area contributed by atoms with Crippen LogP contribution in [0.5, 0.6) is 0 Å². The van der Waals surface area contributed by atoms with Gasteiger partial charge in [0.1, 0.15) is 5.69 Å². The lowest BCUT2D eigenvalue weighted by molar-refractivity contribution is -0.136. The van der Waals surface area contributed by atoms with Crippen molar-refractivity contribution in [2.45, 2.75) is 26.3 Å². The summed E-state index contributed by atoms with van der Waals surface area (Å²) in [6.45, 7) is 2.93. The number of carboxylic acid groups (broad SMARTS) is 1. The van der Waals surface area contributed by atoms with Gasteiger partial charge in [-0.15, -0.1) is 0 Å². The molecule has 0 aliphatic carbocycles. The van der Waals surface area contributed by atoms with Crippen molar-refractivity contribution in [1.29, 1.82) is 0 Å². The predicted octanol–water partition coefficient (Wildman–Crippen LogP) is 1.87. The number of hydrogen-bond acceptors (Lipinski definition) is 2. The van der Waals surface area contributed by atoms with E-state index in [4.69, 9.17) is 5.11 Å². The van der Waals surface area contributed by atoms with Crippen LogP contribution in [-0.4, -0.2) is 28.1 Å². The molecule has 0 fully saturated rings. The zero-order valence-corrected chi connectivity index (χ0v) is 11.2. The molecule has 5 nitrogen and oxygen atoms in total. The van der Waals surface area contributed by atoms with Crippen molar-refractivity contribution >= 4 is 27.8 Å². The van der Waals surface area contributed by atoms with Gasteiger partial charge in [0.2, 0.25) is 0 Å². The molecule has 0 radical (unpaired) electrons. The average molecular weight is 303 g/mol. The maximum Gasteiger partial charge on any atom is 0.305 e. The van der Waals surface area contributed by atoms with E-state index in [-0.39, 0.29) is 18.9 Å². The second-order valence-corrected chi connectivity index (χ2v) is 4.55. The number of aromatic nitrogens is 1. The van der Waals surface area contributed by atoms with Gasteiger partial charge in [0.25, 0.3) is 5.91 Å². The van der Waals surface area contributed by atoms with Crippen molar-refractivity contribution in [2.75, 3.05) is 6.54 Å². The van der Waals surface area contributed by atoms with Crippen molar-refractivity contribution < 1.29 is 14.7 Å². The smallest absolute Gasteiger partial charge is 0.305 e. The lowest BCUT2D eigenvalue weighted by Crippen LogP contribution is -2.28. The van der Waals surface area contributed by atoms with E-state index in [1.165, 1.54) is 0 Å². The minimum absolute atomic E-state index is 0.0681. The van der Waals surface area contributed by atoms with Gasteiger partial charge in [-0.25, -0.2) is 0 Å². The Bertz CT molecular complexity index is 415. The summed E-state index contributed by atoms with van der Waals surface area (Å²) in [5, 5.41) is 11.1. The zero-order chi connectivity index (χ0) is 12.8. The molecule has 0 saturated carbocycles. The summed E-state index contributed by atoms with van der Waals surface area (Å²) in [5.41, 5.74) is 0.545. The number of aliphatic carboxylic acids is 1. The molecule has 1 amide bonds. The molecule has 0 unspecified atom stereocenters. The number of hydrogen-bond donors (Lipinski definition) is 2. The molecule has 1 heterocycles. The van der Waals surface area contributed by atoms with Crippen molar-refractivity contribution in [3.05, 3.63) is 22.4 Å². The van der Waals surface area contributed by atoms with Crippen LogP contribution in [0.4, 0.5) is 0 Å². The zero-order valence-electron chi connectivity index (χ0n) is 9.57. The fourth-order valence-corrected chi connectivity index (χ4v) is 1.93. The monoisotopic (exact) mass is 302 g/mol. The highest BCUT2D eigenvalue weighted by atomic mass is 79.9. The Morgan fingerprint density at radius 2 is 2.24 bits per heavy atom. The lowest BCUT2D eigenvalue weighted by Gasteiger charge is -2.07. The van der Waals surface area contributed by atoms with E-state index in [0.29, 0.717) is 5.69 Å². The third kappa shape index (κ3) is 4.22. The van der Waals surface area contributed by atoms with Crippen LogP contribution < -0.4 is 5.32 Å². The largest absolute Gasteiger partial charge is 0.481 e. The molecule has 6 heteroatoms. The molecule has 0 aliphatic rings. The van der Waals surface area contributed by atoms with Gasteiger partial charge in [-0.2, -0.15) is 0 Å².